The number of imidazole rings is 1. The molecular formula is C20H27IN6O. The highest BCUT2D eigenvalue weighted by Crippen LogP contribution is 2.08. The molecule has 0 aliphatic rings. The first-order chi connectivity index (χ1) is 13.2. The predicted molar refractivity (Wildman–Crippen MR) is 121 cm³/mol. The number of nitrogens with zero attached hydrogens (tertiary/aromatic N) is 4. The van der Waals surface area contributed by atoms with Crippen molar-refractivity contribution in [3.05, 3.63) is 71.5 Å². The smallest absolute Gasteiger partial charge is 0.214 e. The minimum atomic E-state index is 0. The van der Waals surface area contributed by atoms with Gasteiger partial charge in [-0.1, -0.05) is 30.3 Å². The number of nitrogens with one attached hydrogen (secondary N) is 2. The Hall–Kier alpha value is -2.36. The molecule has 0 unspecified atom stereocenters. The SMILES string of the molecule is CCNC(=NCc1nccn1Cc1ccccc1)NCc1nc(C)c(C)o1.I. The molecule has 0 radical (unpaired) electrons. The van der Waals surface area contributed by atoms with E-state index in [4.69, 9.17) is 4.42 Å². The Morgan fingerprint density at radius 1 is 1.18 bits per heavy atom. The normalized spacial score (nSPS) is 11.2. The number of aromatic nitrogens is 3. The summed E-state index contributed by atoms with van der Waals surface area (Å²) in [6.07, 6.45) is 3.79. The molecule has 8 heteroatoms. The fraction of sp³-hybridized carbons (Fsp3) is 0.350. The number of oxazole rings is 1. The molecule has 1 aromatic carbocycles. The lowest BCUT2D eigenvalue weighted by atomic mass is 10.2. The fourth-order valence-electron chi connectivity index (χ4n) is 2.68. The molecule has 2 heterocycles. The molecule has 0 saturated heterocycles. The number of hydrogen-bond donors (Lipinski definition) is 2. The van der Waals surface area contributed by atoms with Crippen molar-refractivity contribution in [1.29, 1.82) is 0 Å². The maximum absolute atomic E-state index is 5.61. The molecule has 2 N–H and O–H groups in total. The van der Waals surface area contributed by atoms with E-state index in [1.54, 1.807) is 0 Å². The van der Waals surface area contributed by atoms with Gasteiger partial charge >= 0.3 is 0 Å². The van der Waals surface area contributed by atoms with E-state index in [0.717, 1.165) is 30.4 Å². The van der Waals surface area contributed by atoms with Crippen LogP contribution >= 0.6 is 24.0 Å². The molecule has 0 aliphatic carbocycles. The maximum atomic E-state index is 5.61. The minimum absolute atomic E-state index is 0. The van der Waals surface area contributed by atoms with Gasteiger partial charge in [-0.2, -0.15) is 0 Å². The summed E-state index contributed by atoms with van der Waals surface area (Å²) in [4.78, 5) is 13.5. The molecule has 0 saturated carbocycles. The van der Waals surface area contributed by atoms with E-state index in [0.29, 0.717) is 24.9 Å². The monoisotopic (exact) mass is 494 g/mol. The number of rotatable bonds is 7. The fourth-order valence-corrected chi connectivity index (χ4v) is 2.68. The summed E-state index contributed by atoms with van der Waals surface area (Å²) < 4.78 is 7.72. The molecule has 3 rings (SSSR count). The van der Waals surface area contributed by atoms with Gasteiger partial charge in [0.1, 0.15) is 18.1 Å². The zero-order chi connectivity index (χ0) is 19.1. The Bertz CT molecular complexity index is 868. The second-order valence-electron chi connectivity index (χ2n) is 6.25. The zero-order valence-corrected chi connectivity index (χ0v) is 18.8. The highest BCUT2D eigenvalue weighted by molar-refractivity contribution is 14.0. The maximum Gasteiger partial charge on any atom is 0.214 e. The Morgan fingerprint density at radius 2 is 1.96 bits per heavy atom. The Labute approximate surface area is 182 Å². The first-order valence-electron chi connectivity index (χ1n) is 9.14. The van der Waals surface area contributed by atoms with Gasteiger partial charge in [0.25, 0.3) is 0 Å². The second-order valence-corrected chi connectivity index (χ2v) is 6.25. The van der Waals surface area contributed by atoms with Crippen molar-refractivity contribution in [3.63, 3.8) is 0 Å². The average Bonchev–Trinajstić information content (AvgIpc) is 3.24. The quantitative estimate of drug-likeness (QED) is 0.299. The van der Waals surface area contributed by atoms with Crippen LogP contribution in [0.4, 0.5) is 0 Å². The summed E-state index contributed by atoms with van der Waals surface area (Å²) in [5, 5.41) is 6.49. The van der Waals surface area contributed by atoms with E-state index < -0.39 is 0 Å². The Morgan fingerprint density at radius 3 is 2.64 bits per heavy atom. The summed E-state index contributed by atoms with van der Waals surface area (Å²) in [6, 6.07) is 10.3. The number of aryl methyl sites for hydroxylation is 2. The third kappa shape index (κ3) is 6.08. The lowest BCUT2D eigenvalue weighted by Gasteiger charge is -2.10. The van der Waals surface area contributed by atoms with Gasteiger partial charge in [0.05, 0.1) is 12.2 Å². The summed E-state index contributed by atoms with van der Waals surface area (Å²) in [5.41, 5.74) is 2.15. The van der Waals surface area contributed by atoms with E-state index in [2.05, 4.69) is 42.3 Å². The highest BCUT2D eigenvalue weighted by Gasteiger charge is 2.07. The lowest BCUT2D eigenvalue weighted by Crippen LogP contribution is -2.37. The van der Waals surface area contributed by atoms with E-state index >= 15 is 0 Å². The number of benzene rings is 1. The van der Waals surface area contributed by atoms with Crippen molar-refractivity contribution >= 4 is 29.9 Å². The van der Waals surface area contributed by atoms with Crippen molar-refractivity contribution < 1.29 is 4.42 Å². The van der Waals surface area contributed by atoms with Gasteiger partial charge in [0.2, 0.25) is 5.89 Å². The molecule has 0 atom stereocenters. The van der Waals surface area contributed by atoms with Crippen LogP contribution in [0.5, 0.6) is 0 Å². The average molecular weight is 494 g/mol. The van der Waals surface area contributed by atoms with Crippen LogP contribution in [0.15, 0.2) is 52.1 Å². The summed E-state index contributed by atoms with van der Waals surface area (Å²) in [7, 11) is 0. The van der Waals surface area contributed by atoms with Gasteiger partial charge in [0, 0.05) is 25.5 Å². The van der Waals surface area contributed by atoms with E-state index in [9.17, 15) is 0 Å². The zero-order valence-electron chi connectivity index (χ0n) is 16.5. The standard InChI is InChI=1S/C20H26N6O.HI/c1-4-21-20(24-13-19-25-15(2)16(3)27-19)23-12-18-22-10-11-26(18)14-17-8-6-5-7-9-17;/h5-11H,4,12-14H2,1-3H3,(H2,21,23,24);1H. The van der Waals surface area contributed by atoms with Crippen molar-refractivity contribution in [2.24, 2.45) is 4.99 Å². The van der Waals surface area contributed by atoms with Crippen LogP contribution in [0.1, 0.15) is 35.7 Å². The molecule has 0 aliphatic heterocycles. The van der Waals surface area contributed by atoms with Crippen LogP contribution < -0.4 is 10.6 Å². The van der Waals surface area contributed by atoms with E-state index in [1.165, 1.54) is 5.56 Å². The first-order valence-corrected chi connectivity index (χ1v) is 9.14. The lowest BCUT2D eigenvalue weighted by molar-refractivity contribution is 0.463. The second kappa shape index (κ2) is 10.8. The van der Waals surface area contributed by atoms with Crippen LogP contribution in [-0.4, -0.2) is 27.0 Å². The van der Waals surface area contributed by atoms with Crippen LogP contribution in [0.25, 0.3) is 0 Å². The predicted octanol–water partition coefficient (Wildman–Crippen LogP) is 3.41. The van der Waals surface area contributed by atoms with Gasteiger partial charge in [-0.3, -0.25) is 0 Å². The molecule has 28 heavy (non-hydrogen) atoms. The first kappa shape index (κ1) is 21.9. The molecule has 0 amide bonds. The summed E-state index contributed by atoms with van der Waals surface area (Å²) >= 11 is 0. The van der Waals surface area contributed by atoms with Gasteiger partial charge in [-0.05, 0) is 26.3 Å². The molecule has 3 aromatic rings. The third-order valence-corrected chi connectivity index (χ3v) is 4.20. The van der Waals surface area contributed by atoms with Crippen LogP contribution in [0.3, 0.4) is 0 Å². The van der Waals surface area contributed by atoms with Crippen LogP contribution in [0.2, 0.25) is 0 Å². The van der Waals surface area contributed by atoms with Crippen molar-refractivity contribution in [2.75, 3.05) is 6.54 Å². The van der Waals surface area contributed by atoms with Crippen molar-refractivity contribution in [1.82, 2.24) is 25.2 Å². The molecule has 150 valence electrons. The topological polar surface area (TPSA) is 80.3 Å². The third-order valence-electron chi connectivity index (χ3n) is 4.20. The Balaban J connectivity index is 0.00000280. The minimum Gasteiger partial charge on any atom is -0.444 e. The largest absolute Gasteiger partial charge is 0.444 e. The molecule has 0 bridgehead atoms. The highest BCUT2D eigenvalue weighted by atomic mass is 127. The molecule has 2 aromatic heterocycles. The van der Waals surface area contributed by atoms with Gasteiger partial charge in [-0.15, -0.1) is 24.0 Å². The van der Waals surface area contributed by atoms with E-state index in [-0.39, 0.29) is 24.0 Å². The number of aliphatic imine (C=N–C) groups is 1. The molecule has 7 nitrogen and oxygen atoms in total. The number of hydrogen-bond acceptors (Lipinski definition) is 4. The van der Waals surface area contributed by atoms with Crippen LogP contribution in [-0.2, 0) is 19.6 Å². The molecule has 0 fully saturated rings. The van der Waals surface area contributed by atoms with E-state index in [1.807, 2.05) is 51.4 Å². The molecule has 0 spiro atoms. The van der Waals surface area contributed by atoms with Crippen molar-refractivity contribution in [2.45, 2.75) is 40.4 Å². The van der Waals surface area contributed by atoms with Gasteiger partial charge in [-0.25, -0.2) is 15.0 Å². The van der Waals surface area contributed by atoms with Gasteiger partial charge < -0.3 is 19.6 Å². The van der Waals surface area contributed by atoms with Crippen LogP contribution in [0, 0.1) is 13.8 Å². The Kier molecular flexibility index (Phi) is 8.49. The number of halogens is 1. The van der Waals surface area contributed by atoms with Crippen molar-refractivity contribution in [3.8, 4) is 0 Å². The molecular weight excluding hydrogens is 467 g/mol. The summed E-state index contributed by atoms with van der Waals surface area (Å²) in [5.74, 6) is 3.12. The van der Waals surface area contributed by atoms with Gasteiger partial charge in [0.15, 0.2) is 5.96 Å². The number of guanidine groups is 1. The summed E-state index contributed by atoms with van der Waals surface area (Å²) in [6.45, 7) is 8.41.